The van der Waals surface area contributed by atoms with E-state index in [4.69, 9.17) is 0 Å². The molecular formula is C2H5BOS. The van der Waals surface area contributed by atoms with Crippen molar-refractivity contribution in [2.24, 2.45) is 0 Å². The van der Waals surface area contributed by atoms with E-state index in [0.29, 0.717) is 6.56 Å². The third-order valence-electron chi connectivity index (χ3n) is 0.223. The van der Waals surface area contributed by atoms with Gasteiger partial charge in [-0.05, 0) is 6.92 Å². The third-order valence-corrected chi connectivity index (χ3v) is 0.668. The average molecular weight is 87.9 g/mol. The molecule has 0 spiro atoms. The maximum absolute atomic E-state index is 9.74. The largest absolute Gasteiger partial charge is 0.311 e. The molecule has 0 heterocycles. The van der Waals surface area contributed by atoms with Gasteiger partial charge in [0.25, 0.3) is 6.56 Å². The van der Waals surface area contributed by atoms with Gasteiger partial charge in [0.2, 0.25) is 0 Å². The summed E-state index contributed by atoms with van der Waals surface area (Å²) < 4.78 is 0. The van der Waals surface area contributed by atoms with Gasteiger partial charge >= 0.3 is 0 Å². The first-order valence-electron chi connectivity index (χ1n) is 1.37. The Kier molecular flexibility index (Phi) is 2.37. The molecule has 0 aromatic carbocycles. The molecule has 0 N–H and O–H groups in total. The van der Waals surface area contributed by atoms with E-state index in [1.54, 1.807) is 0 Å². The van der Waals surface area contributed by atoms with Crippen molar-refractivity contribution < 1.29 is 4.79 Å². The van der Waals surface area contributed by atoms with Gasteiger partial charge in [0.05, 0.1) is 5.68 Å². The SMILES string of the molecule is CC(=O)BS. The van der Waals surface area contributed by atoms with Crippen LogP contribution in [-0.2, 0) is 4.79 Å². The monoisotopic (exact) mass is 88.0 g/mol. The van der Waals surface area contributed by atoms with Crippen LogP contribution in [-0.4, -0.2) is 12.2 Å². The lowest BCUT2D eigenvalue weighted by Crippen LogP contribution is -1.92. The number of hydrogen-bond acceptors (Lipinski definition) is 2. The molecule has 0 radical (unpaired) electrons. The van der Waals surface area contributed by atoms with Crippen molar-refractivity contribution in [1.82, 2.24) is 0 Å². The normalized spacial score (nSPS) is 6.80. The average Bonchev–Trinajstić information content (AvgIpc) is 1.38. The van der Waals surface area contributed by atoms with Crippen molar-refractivity contribution >= 4 is 24.7 Å². The molecule has 0 rings (SSSR count). The highest BCUT2D eigenvalue weighted by Crippen LogP contribution is 1.65. The van der Waals surface area contributed by atoms with E-state index in [1.165, 1.54) is 6.92 Å². The van der Waals surface area contributed by atoms with E-state index in [-0.39, 0.29) is 5.68 Å². The second-order valence-electron chi connectivity index (χ2n) is 0.860. The van der Waals surface area contributed by atoms with Crippen LogP contribution in [0.2, 0.25) is 0 Å². The van der Waals surface area contributed by atoms with Crippen LogP contribution in [0, 0.1) is 0 Å². The van der Waals surface area contributed by atoms with Crippen LogP contribution in [0.1, 0.15) is 6.92 Å². The first kappa shape index (κ1) is 5.08. The maximum Gasteiger partial charge on any atom is 0.266 e. The minimum absolute atomic E-state index is 0.119. The predicted octanol–water partition coefficient (Wildman–Crippen LogP) is -0.186. The Morgan fingerprint density at radius 3 is 2.20 bits per heavy atom. The Balaban J connectivity index is 2.85. The van der Waals surface area contributed by atoms with Crippen LogP contribution >= 0.6 is 12.5 Å². The Labute approximate surface area is 37.3 Å². The molecule has 0 atom stereocenters. The zero-order valence-electron chi connectivity index (χ0n) is 3.06. The van der Waals surface area contributed by atoms with Crippen molar-refractivity contribution in [3.63, 3.8) is 0 Å². The summed E-state index contributed by atoms with van der Waals surface area (Å²) in [7, 11) is 0. The summed E-state index contributed by atoms with van der Waals surface area (Å²) in [4.78, 5) is 9.74. The first-order valence-corrected chi connectivity index (χ1v) is 2.01. The molecule has 5 heavy (non-hydrogen) atoms. The molecule has 3 heteroatoms. The number of hydrogen-bond donors (Lipinski definition) is 1. The molecule has 0 saturated carbocycles. The summed E-state index contributed by atoms with van der Waals surface area (Å²) in [5, 5.41) is 0. The zero-order valence-corrected chi connectivity index (χ0v) is 3.96. The third kappa shape index (κ3) is 4.08. The van der Waals surface area contributed by atoms with E-state index in [0.717, 1.165) is 0 Å². The van der Waals surface area contributed by atoms with Gasteiger partial charge in [0, 0.05) is 0 Å². The molecule has 1 nitrogen and oxygen atoms in total. The summed E-state index contributed by atoms with van der Waals surface area (Å²) in [5.74, 6) is 0. The van der Waals surface area contributed by atoms with Gasteiger partial charge in [-0.15, -0.1) is 0 Å². The van der Waals surface area contributed by atoms with Gasteiger partial charge in [0.1, 0.15) is 0 Å². The van der Waals surface area contributed by atoms with E-state index in [2.05, 4.69) is 12.5 Å². The van der Waals surface area contributed by atoms with Crippen LogP contribution < -0.4 is 0 Å². The minimum Gasteiger partial charge on any atom is -0.311 e. The van der Waals surface area contributed by atoms with Gasteiger partial charge in [-0.25, -0.2) is 12.5 Å². The predicted molar refractivity (Wildman–Crippen MR) is 26.8 cm³/mol. The number of thiol groups is 1. The van der Waals surface area contributed by atoms with Crippen LogP contribution in [0.5, 0.6) is 0 Å². The number of carbonyl (C=O) groups is 1. The molecule has 28 valence electrons. The Bertz CT molecular complexity index is 44.9. The van der Waals surface area contributed by atoms with E-state index < -0.39 is 0 Å². The molecule has 0 aromatic rings. The van der Waals surface area contributed by atoms with Gasteiger partial charge in [-0.2, -0.15) is 0 Å². The molecule has 0 aliphatic carbocycles. The Morgan fingerprint density at radius 2 is 2.20 bits per heavy atom. The highest BCUT2D eigenvalue weighted by molar-refractivity contribution is 8.09. The van der Waals surface area contributed by atoms with Gasteiger partial charge in [0.15, 0.2) is 0 Å². The van der Waals surface area contributed by atoms with Gasteiger partial charge in [-0.1, -0.05) is 0 Å². The fraction of sp³-hybridized carbons (Fsp3) is 0.500. The lowest BCUT2D eigenvalue weighted by Gasteiger charge is -1.67. The van der Waals surface area contributed by atoms with Crippen molar-refractivity contribution in [1.29, 1.82) is 0 Å². The molecule has 0 amide bonds. The highest BCUT2D eigenvalue weighted by Gasteiger charge is 1.82. The lowest BCUT2D eigenvalue weighted by molar-refractivity contribution is -0.109. The Hall–Kier alpha value is 0.0849. The lowest BCUT2D eigenvalue weighted by atomic mass is 10.0. The minimum atomic E-state index is 0.119. The van der Waals surface area contributed by atoms with E-state index in [9.17, 15) is 4.79 Å². The summed E-state index contributed by atoms with van der Waals surface area (Å²) in [6, 6.07) is 0. The molecule has 0 aliphatic heterocycles. The second kappa shape index (κ2) is 2.33. The molecule has 0 aliphatic rings. The summed E-state index contributed by atoms with van der Waals surface area (Å²) in [6.07, 6.45) is 0. The maximum atomic E-state index is 9.74. The fourth-order valence-corrected chi connectivity index (χ4v) is 0. The van der Waals surface area contributed by atoms with Crippen LogP contribution in [0.3, 0.4) is 0 Å². The fourth-order valence-electron chi connectivity index (χ4n) is 0. The zero-order chi connectivity index (χ0) is 4.28. The molecular weight excluding hydrogens is 82.9 g/mol. The van der Waals surface area contributed by atoms with Gasteiger partial charge < -0.3 is 4.79 Å². The number of rotatable bonds is 1. The molecule has 0 saturated heterocycles. The standard InChI is InChI=1S/C2H5BOS/c1-2(4)3-5/h3,5H,1H3. The van der Waals surface area contributed by atoms with Crippen molar-refractivity contribution in [2.75, 3.05) is 0 Å². The smallest absolute Gasteiger partial charge is 0.266 e. The second-order valence-corrected chi connectivity index (χ2v) is 1.18. The van der Waals surface area contributed by atoms with Crippen molar-refractivity contribution in [2.45, 2.75) is 6.92 Å². The summed E-state index contributed by atoms with van der Waals surface area (Å²) in [5.41, 5.74) is 0.119. The molecule has 0 unspecified atom stereocenters. The highest BCUT2D eigenvalue weighted by atomic mass is 32.1. The van der Waals surface area contributed by atoms with Crippen molar-refractivity contribution in [3.05, 3.63) is 0 Å². The van der Waals surface area contributed by atoms with Crippen molar-refractivity contribution in [3.8, 4) is 0 Å². The summed E-state index contributed by atoms with van der Waals surface area (Å²) >= 11 is 3.67. The topological polar surface area (TPSA) is 17.1 Å². The molecule has 0 fully saturated rings. The molecule has 0 aromatic heterocycles. The van der Waals surface area contributed by atoms with Crippen LogP contribution in [0.15, 0.2) is 0 Å². The van der Waals surface area contributed by atoms with Crippen LogP contribution in [0.25, 0.3) is 0 Å². The Morgan fingerprint density at radius 1 is 2.00 bits per heavy atom. The number of carbonyl (C=O) groups excluding carboxylic acids is 1. The summed E-state index contributed by atoms with van der Waals surface area (Å²) in [6.45, 7) is 1.87. The first-order chi connectivity index (χ1) is 2.27. The van der Waals surface area contributed by atoms with E-state index in [1.807, 2.05) is 0 Å². The molecule has 0 bridgehead atoms. The van der Waals surface area contributed by atoms with E-state index >= 15 is 0 Å². The van der Waals surface area contributed by atoms with Gasteiger partial charge in [-0.3, -0.25) is 0 Å². The van der Waals surface area contributed by atoms with Crippen LogP contribution in [0.4, 0.5) is 0 Å². The quantitative estimate of drug-likeness (QED) is 0.347.